The van der Waals surface area contributed by atoms with Crippen LogP contribution in [0.15, 0.2) is 53.4 Å². The van der Waals surface area contributed by atoms with Crippen molar-refractivity contribution in [3.05, 3.63) is 59.7 Å². The first-order chi connectivity index (χ1) is 13.4. The lowest BCUT2D eigenvalue weighted by molar-refractivity contribution is -0.121. The van der Waals surface area contributed by atoms with Crippen molar-refractivity contribution in [1.29, 1.82) is 0 Å². The molecular weight excluding hydrogens is 376 g/mol. The monoisotopic (exact) mass is 404 g/mol. The molecule has 6 nitrogen and oxygen atoms in total. The van der Waals surface area contributed by atoms with Crippen molar-refractivity contribution in [2.45, 2.75) is 38.1 Å². The van der Waals surface area contributed by atoms with Gasteiger partial charge in [0.1, 0.15) is 5.75 Å². The van der Waals surface area contributed by atoms with Crippen LogP contribution >= 0.6 is 0 Å². The van der Waals surface area contributed by atoms with E-state index in [-0.39, 0.29) is 10.8 Å². The van der Waals surface area contributed by atoms with Gasteiger partial charge in [0.25, 0.3) is 0 Å². The molecule has 2 aromatic rings. The molecule has 0 aliphatic carbocycles. The van der Waals surface area contributed by atoms with E-state index in [4.69, 9.17) is 4.74 Å². The maximum atomic E-state index is 12.5. The summed E-state index contributed by atoms with van der Waals surface area (Å²) in [6.07, 6.45) is 0.891. The second-order valence-corrected chi connectivity index (χ2v) is 8.30. The molecule has 7 heteroatoms. The highest BCUT2D eigenvalue weighted by atomic mass is 32.2. The first-order valence-electron chi connectivity index (χ1n) is 9.39. The van der Waals surface area contributed by atoms with Gasteiger partial charge in [0.2, 0.25) is 15.9 Å². The predicted octanol–water partition coefficient (Wildman–Crippen LogP) is 2.97. The molecule has 0 bridgehead atoms. The third kappa shape index (κ3) is 5.81. The van der Waals surface area contributed by atoms with Crippen LogP contribution in [-0.4, -0.2) is 38.8 Å². The fourth-order valence-corrected chi connectivity index (χ4v) is 4.33. The molecule has 0 saturated carbocycles. The van der Waals surface area contributed by atoms with Gasteiger partial charge in [-0.3, -0.25) is 4.79 Å². The number of sulfonamides is 1. The number of hydrogen-bond donors (Lipinski definition) is 1. The summed E-state index contributed by atoms with van der Waals surface area (Å²) in [5.41, 5.74) is 1.90. The SMILES string of the molecule is CCN(CC)S(=O)(=O)c1ccc(CCC(=O)NCc2cccc(OC)c2)cc1. The van der Waals surface area contributed by atoms with Crippen molar-refractivity contribution >= 4 is 15.9 Å². The van der Waals surface area contributed by atoms with Crippen LogP contribution in [0.3, 0.4) is 0 Å². The standard InChI is InChI=1S/C21H28N2O4S/c1-4-23(5-2)28(25,26)20-12-9-17(10-13-20)11-14-21(24)22-16-18-7-6-8-19(15-18)27-3/h6-10,12-13,15H,4-5,11,14,16H2,1-3H3,(H,22,24). The molecule has 0 spiro atoms. The zero-order valence-corrected chi connectivity index (χ0v) is 17.5. The van der Waals surface area contributed by atoms with Crippen LogP contribution in [-0.2, 0) is 27.8 Å². The Kier molecular flexibility index (Phi) is 8.02. The predicted molar refractivity (Wildman–Crippen MR) is 110 cm³/mol. The van der Waals surface area contributed by atoms with Gasteiger partial charge in [0.05, 0.1) is 12.0 Å². The lowest BCUT2D eigenvalue weighted by Crippen LogP contribution is -2.30. The maximum absolute atomic E-state index is 12.5. The molecule has 0 atom stereocenters. The second-order valence-electron chi connectivity index (χ2n) is 6.36. The molecule has 0 unspecified atom stereocenters. The summed E-state index contributed by atoms with van der Waals surface area (Å²) in [7, 11) is -1.84. The molecular formula is C21H28N2O4S. The van der Waals surface area contributed by atoms with Crippen molar-refractivity contribution in [3.63, 3.8) is 0 Å². The van der Waals surface area contributed by atoms with Gasteiger partial charge in [-0.05, 0) is 41.8 Å². The Hall–Kier alpha value is -2.38. The molecule has 0 aliphatic heterocycles. The molecule has 0 heterocycles. The number of benzene rings is 2. The van der Waals surface area contributed by atoms with Crippen molar-refractivity contribution in [2.75, 3.05) is 20.2 Å². The van der Waals surface area contributed by atoms with Gasteiger partial charge < -0.3 is 10.1 Å². The lowest BCUT2D eigenvalue weighted by atomic mass is 10.1. The second kappa shape index (κ2) is 10.2. The topological polar surface area (TPSA) is 75.7 Å². The molecule has 0 saturated heterocycles. The minimum absolute atomic E-state index is 0.0531. The van der Waals surface area contributed by atoms with Gasteiger partial charge in [-0.25, -0.2) is 8.42 Å². The third-order valence-corrected chi connectivity index (χ3v) is 6.60. The van der Waals surface area contributed by atoms with Gasteiger partial charge >= 0.3 is 0 Å². The number of aryl methyl sites for hydroxylation is 1. The maximum Gasteiger partial charge on any atom is 0.243 e. The molecule has 2 aromatic carbocycles. The number of nitrogens with zero attached hydrogens (tertiary/aromatic N) is 1. The van der Waals surface area contributed by atoms with E-state index in [9.17, 15) is 13.2 Å². The third-order valence-electron chi connectivity index (χ3n) is 4.53. The Morgan fingerprint density at radius 3 is 2.32 bits per heavy atom. The van der Waals surface area contributed by atoms with E-state index in [0.29, 0.717) is 32.5 Å². The molecule has 2 rings (SSSR count). The van der Waals surface area contributed by atoms with Gasteiger partial charge in [-0.2, -0.15) is 4.31 Å². The van der Waals surface area contributed by atoms with Crippen LogP contribution in [0.1, 0.15) is 31.4 Å². The average Bonchev–Trinajstić information content (AvgIpc) is 2.72. The molecule has 1 amide bonds. The molecule has 1 N–H and O–H groups in total. The Morgan fingerprint density at radius 2 is 1.71 bits per heavy atom. The molecule has 0 aliphatic rings. The minimum Gasteiger partial charge on any atom is -0.497 e. The summed E-state index contributed by atoms with van der Waals surface area (Å²) in [4.78, 5) is 12.4. The van der Waals surface area contributed by atoms with Crippen LogP contribution < -0.4 is 10.1 Å². The summed E-state index contributed by atoms with van der Waals surface area (Å²) in [5.74, 6) is 0.703. The van der Waals surface area contributed by atoms with Crippen LogP contribution in [0.25, 0.3) is 0 Å². The molecule has 28 heavy (non-hydrogen) atoms. The van der Waals surface area contributed by atoms with E-state index in [1.165, 1.54) is 4.31 Å². The normalized spacial score (nSPS) is 11.4. The van der Waals surface area contributed by atoms with E-state index in [1.807, 2.05) is 38.1 Å². The Balaban J connectivity index is 1.88. The number of nitrogens with one attached hydrogen (secondary N) is 1. The highest BCUT2D eigenvalue weighted by molar-refractivity contribution is 7.89. The fraction of sp³-hybridized carbons (Fsp3) is 0.381. The number of hydrogen-bond acceptors (Lipinski definition) is 4. The largest absolute Gasteiger partial charge is 0.497 e. The number of methoxy groups -OCH3 is 1. The van der Waals surface area contributed by atoms with E-state index in [1.54, 1.807) is 31.4 Å². The number of rotatable bonds is 10. The summed E-state index contributed by atoms with van der Waals surface area (Å²) in [6.45, 7) is 4.96. The van der Waals surface area contributed by atoms with Crippen LogP contribution in [0.5, 0.6) is 5.75 Å². The van der Waals surface area contributed by atoms with E-state index in [0.717, 1.165) is 16.9 Å². The molecule has 0 radical (unpaired) electrons. The smallest absolute Gasteiger partial charge is 0.243 e. The summed E-state index contributed by atoms with van der Waals surface area (Å²) < 4.78 is 31.6. The highest BCUT2D eigenvalue weighted by Crippen LogP contribution is 2.17. The van der Waals surface area contributed by atoms with Gasteiger partial charge in [-0.1, -0.05) is 38.1 Å². The van der Waals surface area contributed by atoms with Crippen molar-refractivity contribution < 1.29 is 17.9 Å². The first kappa shape index (κ1) is 21.9. The molecule has 0 aromatic heterocycles. The van der Waals surface area contributed by atoms with Crippen LogP contribution in [0.2, 0.25) is 0 Å². The van der Waals surface area contributed by atoms with Crippen molar-refractivity contribution in [3.8, 4) is 5.75 Å². The zero-order valence-electron chi connectivity index (χ0n) is 16.6. The number of carbonyl (C=O) groups is 1. The Labute approximate surface area is 167 Å². The first-order valence-corrected chi connectivity index (χ1v) is 10.8. The average molecular weight is 405 g/mol. The Morgan fingerprint density at radius 1 is 1.04 bits per heavy atom. The van der Waals surface area contributed by atoms with Gasteiger partial charge in [-0.15, -0.1) is 0 Å². The van der Waals surface area contributed by atoms with Crippen molar-refractivity contribution in [1.82, 2.24) is 9.62 Å². The van der Waals surface area contributed by atoms with Crippen LogP contribution in [0.4, 0.5) is 0 Å². The van der Waals surface area contributed by atoms with E-state index in [2.05, 4.69) is 5.32 Å². The number of amides is 1. The van der Waals surface area contributed by atoms with Crippen LogP contribution in [0, 0.1) is 0 Å². The number of carbonyl (C=O) groups excluding carboxylic acids is 1. The lowest BCUT2D eigenvalue weighted by Gasteiger charge is -2.18. The molecule has 152 valence electrons. The van der Waals surface area contributed by atoms with E-state index >= 15 is 0 Å². The summed E-state index contributed by atoms with van der Waals surface area (Å²) in [5, 5.41) is 2.89. The summed E-state index contributed by atoms with van der Waals surface area (Å²) >= 11 is 0. The number of ether oxygens (including phenoxy) is 1. The highest BCUT2D eigenvalue weighted by Gasteiger charge is 2.21. The molecule has 0 fully saturated rings. The van der Waals surface area contributed by atoms with Crippen molar-refractivity contribution in [2.24, 2.45) is 0 Å². The van der Waals surface area contributed by atoms with Gasteiger partial charge in [0, 0.05) is 26.1 Å². The van der Waals surface area contributed by atoms with Gasteiger partial charge in [0.15, 0.2) is 0 Å². The Bertz CT molecular complexity index is 876. The minimum atomic E-state index is -3.45. The quantitative estimate of drug-likeness (QED) is 0.661. The van der Waals surface area contributed by atoms with E-state index < -0.39 is 10.0 Å². The summed E-state index contributed by atoms with van der Waals surface area (Å²) in [6, 6.07) is 14.3. The fourth-order valence-electron chi connectivity index (χ4n) is 2.87. The zero-order chi connectivity index (χ0) is 20.6.